The number of aliphatic hydroxyl groups excluding tert-OH is 1. The molecule has 1 aromatic carbocycles. The first kappa shape index (κ1) is 12.8. The van der Waals surface area contributed by atoms with E-state index in [0.29, 0.717) is 19.5 Å². The largest absolute Gasteiger partial charge is 0.388 e. The maximum Gasteiger partial charge on any atom is 0.129 e. The maximum absolute atomic E-state index is 13.2. The van der Waals surface area contributed by atoms with Gasteiger partial charge in [-0.1, -0.05) is 6.08 Å². The van der Waals surface area contributed by atoms with Gasteiger partial charge in [-0.15, -0.1) is 6.58 Å². The monoisotopic (exact) mass is 227 g/mol. The van der Waals surface area contributed by atoms with Gasteiger partial charge in [-0.3, -0.25) is 0 Å². The molecule has 0 amide bonds. The predicted molar refractivity (Wildman–Crippen MR) is 59.0 cm³/mol. The van der Waals surface area contributed by atoms with E-state index in [0.717, 1.165) is 18.2 Å². The van der Waals surface area contributed by atoms with Gasteiger partial charge in [0.25, 0.3) is 0 Å². The molecule has 0 aliphatic heterocycles. The summed E-state index contributed by atoms with van der Waals surface area (Å²) in [6, 6.07) is 3.07. The summed E-state index contributed by atoms with van der Waals surface area (Å²) >= 11 is 0. The number of halogens is 2. The predicted octanol–water partition coefficient (Wildman–Crippen LogP) is 2.16. The number of aliphatic hydroxyl groups is 1. The third-order valence-electron chi connectivity index (χ3n) is 2.20. The number of rotatable bonds is 6. The molecular formula is C12H15F2NO. The van der Waals surface area contributed by atoms with Crippen LogP contribution in [-0.4, -0.2) is 18.2 Å². The first-order valence-corrected chi connectivity index (χ1v) is 5.09. The lowest BCUT2D eigenvalue weighted by Crippen LogP contribution is -2.17. The summed E-state index contributed by atoms with van der Waals surface area (Å²) in [5.74, 6) is -1.13. The van der Waals surface area contributed by atoms with Gasteiger partial charge in [0.2, 0.25) is 0 Å². The van der Waals surface area contributed by atoms with Gasteiger partial charge in [-0.05, 0) is 31.2 Å². The average molecular weight is 227 g/mol. The summed E-state index contributed by atoms with van der Waals surface area (Å²) in [6.45, 7) is 4.67. The van der Waals surface area contributed by atoms with Gasteiger partial charge in [0.1, 0.15) is 11.6 Å². The smallest absolute Gasteiger partial charge is 0.129 e. The highest BCUT2D eigenvalue weighted by molar-refractivity contribution is 5.20. The van der Waals surface area contributed by atoms with Crippen LogP contribution in [0.4, 0.5) is 8.78 Å². The SMILES string of the molecule is C=CCNCCC(O)c1cc(F)ccc1F. The van der Waals surface area contributed by atoms with Crippen molar-refractivity contribution >= 4 is 0 Å². The number of hydrogen-bond acceptors (Lipinski definition) is 2. The van der Waals surface area contributed by atoms with Crippen LogP contribution >= 0.6 is 0 Å². The minimum atomic E-state index is -0.993. The van der Waals surface area contributed by atoms with Crippen molar-refractivity contribution in [3.05, 3.63) is 48.1 Å². The van der Waals surface area contributed by atoms with E-state index in [1.165, 1.54) is 0 Å². The van der Waals surface area contributed by atoms with E-state index in [2.05, 4.69) is 11.9 Å². The van der Waals surface area contributed by atoms with E-state index in [-0.39, 0.29) is 5.56 Å². The molecule has 1 atom stereocenters. The van der Waals surface area contributed by atoms with Crippen LogP contribution in [0.1, 0.15) is 18.1 Å². The molecule has 0 spiro atoms. The molecule has 2 nitrogen and oxygen atoms in total. The standard InChI is InChI=1S/C12H15F2NO/c1-2-6-15-7-5-12(16)10-8-9(13)3-4-11(10)14/h2-4,8,12,15-16H,1,5-7H2. The van der Waals surface area contributed by atoms with Crippen molar-refractivity contribution in [3.8, 4) is 0 Å². The zero-order valence-corrected chi connectivity index (χ0v) is 8.92. The van der Waals surface area contributed by atoms with Crippen LogP contribution in [0.3, 0.4) is 0 Å². The molecule has 2 N–H and O–H groups in total. The van der Waals surface area contributed by atoms with Crippen LogP contribution in [0, 0.1) is 11.6 Å². The summed E-state index contributed by atoms with van der Waals surface area (Å²) in [7, 11) is 0. The third kappa shape index (κ3) is 3.72. The Bertz CT molecular complexity index is 355. The lowest BCUT2D eigenvalue weighted by Gasteiger charge is -2.12. The van der Waals surface area contributed by atoms with Crippen LogP contribution in [-0.2, 0) is 0 Å². The van der Waals surface area contributed by atoms with Gasteiger partial charge in [-0.25, -0.2) is 8.78 Å². The summed E-state index contributed by atoms with van der Waals surface area (Å²) in [5.41, 5.74) is 0.000373. The molecule has 0 aromatic heterocycles. The van der Waals surface area contributed by atoms with Gasteiger partial charge in [0, 0.05) is 12.1 Å². The van der Waals surface area contributed by atoms with Crippen molar-refractivity contribution in [2.45, 2.75) is 12.5 Å². The van der Waals surface area contributed by atoms with E-state index in [4.69, 9.17) is 0 Å². The summed E-state index contributed by atoms with van der Waals surface area (Å²) in [5, 5.41) is 12.6. The van der Waals surface area contributed by atoms with Crippen LogP contribution in [0.2, 0.25) is 0 Å². The van der Waals surface area contributed by atoms with Crippen molar-refractivity contribution in [1.82, 2.24) is 5.32 Å². The zero-order valence-electron chi connectivity index (χ0n) is 8.92. The Kier molecular flexibility index (Phi) is 5.08. The zero-order chi connectivity index (χ0) is 12.0. The first-order chi connectivity index (χ1) is 7.65. The second-order valence-corrected chi connectivity index (χ2v) is 3.46. The molecule has 0 bridgehead atoms. The normalized spacial score (nSPS) is 12.4. The molecule has 0 saturated carbocycles. The average Bonchev–Trinajstić information content (AvgIpc) is 2.27. The molecule has 1 aromatic rings. The minimum Gasteiger partial charge on any atom is -0.388 e. The highest BCUT2D eigenvalue weighted by Crippen LogP contribution is 2.20. The molecule has 0 aliphatic rings. The fraction of sp³-hybridized carbons (Fsp3) is 0.333. The molecule has 0 heterocycles. The Hall–Kier alpha value is -1.26. The fourth-order valence-corrected chi connectivity index (χ4v) is 1.37. The topological polar surface area (TPSA) is 32.3 Å². The molecule has 0 saturated heterocycles. The Morgan fingerprint density at radius 3 is 2.88 bits per heavy atom. The van der Waals surface area contributed by atoms with E-state index in [1.54, 1.807) is 6.08 Å². The van der Waals surface area contributed by atoms with Crippen LogP contribution < -0.4 is 5.32 Å². The van der Waals surface area contributed by atoms with Crippen molar-refractivity contribution in [2.24, 2.45) is 0 Å². The Morgan fingerprint density at radius 2 is 2.19 bits per heavy atom. The Morgan fingerprint density at radius 1 is 1.44 bits per heavy atom. The fourth-order valence-electron chi connectivity index (χ4n) is 1.37. The number of hydrogen-bond donors (Lipinski definition) is 2. The molecule has 0 radical (unpaired) electrons. The van der Waals surface area contributed by atoms with Gasteiger partial charge < -0.3 is 10.4 Å². The van der Waals surface area contributed by atoms with E-state index >= 15 is 0 Å². The minimum absolute atomic E-state index is 0.000373. The molecule has 0 fully saturated rings. The first-order valence-electron chi connectivity index (χ1n) is 5.09. The lowest BCUT2D eigenvalue weighted by molar-refractivity contribution is 0.162. The highest BCUT2D eigenvalue weighted by atomic mass is 19.1. The molecule has 0 aliphatic carbocycles. The second-order valence-electron chi connectivity index (χ2n) is 3.46. The molecule has 1 unspecified atom stereocenters. The van der Waals surface area contributed by atoms with Crippen LogP contribution in [0.25, 0.3) is 0 Å². The van der Waals surface area contributed by atoms with Gasteiger partial charge >= 0.3 is 0 Å². The quantitative estimate of drug-likeness (QED) is 0.576. The van der Waals surface area contributed by atoms with E-state index < -0.39 is 17.7 Å². The lowest BCUT2D eigenvalue weighted by atomic mass is 10.1. The highest BCUT2D eigenvalue weighted by Gasteiger charge is 2.13. The Balaban J connectivity index is 2.54. The van der Waals surface area contributed by atoms with Crippen molar-refractivity contribution < 1.29 is 13.9 Å². The number of nitrogens with one attached hydrogen (secondary N) is 1. The molecule has 16 heavy (non-hydrogen) atoms. The van der Waals surface area contributed by atoms with Gasteiger partial charge in [0.05, 0.1) is 6.10 Å². The van der Waals surface area contributed by atoms with Crippen molar-refractivity contribution in [2.75, 3.05) is 13.1 Å². The number of benzene rings is 1. The summed E-state index contributed by atoms with van der Waals surface area (Å²) in [6.07, 6.45) is 1.02. The van der Waals surface area contributed by atoms with Crippen molar-refractivity contribution in [1.29, 1.82) is 0 Å². The molecule has 88 valence electrons. The van der Waals surface area contributed by atoms with Crippen LogP contribution in [0.15, 0.2) is 30.9 Å². The Labute approximate surface area is 93.6 Å². The van der Waals surface area contributed by atoms with Gasteiger partial charge in [-0.2, -0.15) is 0 Å². The van der Waals surface area contributed by atoms with E-state index in [1.807, 2.05) is 0 Å². The molecule has 4 heteroatoms. The summed E-state index contributed by atoms with van der Waals surface area (Å²) < 4.78 is 26.1. The van der Waals surface area contributed by atoms with E-state index in [9.17, 15) is 13.9 Å². The van der Waals surface area contributed by atoms with Crippen LogP contribution in [0.5, 0.6) is 0 Å². The molecular weight excluding hydrogens is 212 g/mol. The van der Waals surface area contributed by atoms with Gasteiger partial charge in [0.15, 0.2) is 0 Å². The third-order valence-corrected chi connectivity index (χ3v) is 2.20. The maximum atomic E-state index is 13.2. The molecule has 1 rings (SSSR count). The second kappa shape index (κ2) is 6.35. The summed E-state index contributed by atoms with van der Waals surface area (Å²) in [4.78, 5) is 0. The van der Waals surface area contributed by atoms with Crippen molar-refractivity contribution in [3.63, 3.8) is 0 Å².